The van der Waals surface area contributed by atoms with Gasteiger partial charge in [-0.2, -0.15) is 5.10 Å². The fraction of sp³-hybridized carbons (Fsp3) is 0.375. The van der Waals surface area contributed by atoms with Crippen LogP contribution in [-0.4, -0.2) is 69.8 Å². The van der Waals surface area contributed by atoms with Crippen LogP contribution in [-0.2, 0) is 19.9 Å². The Kier molecular flexibility index (Phi) is 9.30. The van der Waals surface area contributed by atoms with Crippen molar-refractivity contribution in [3.8, 4) is 11.3 Å². The van der Waals surface area contributed by atoms with E-state index in [1.807, 2.05) is 30.9 Å². The number of nitrogens with zero attached hydrogens (tertiary/aromatic N) is 7. The molecule has 3 aliphatic rings. The Morgan fingerprint density at radius 3 is 2.60 bits per heavy atom. The molecule has 1 fully saturated rings. The van der Waals surface area contributed by atoms with E-state index in [9.17, 15) is 8.78 Å². The second kappa shape index (κ2) is 13.8. The minimum absolute atomic E-state index is 0.348. The van der Waals surface area contributed by atoms with Gasteiger partial charge in [0.2, 0.25) is 5.96 Å². The Bertz CT molecular complexity index is 1950. The number of aromatic nitrogens is 3. The summed E-state index contributed by atoms with van der Waals surface area (Å²) in [5, 5.41) is 8.17. The number of halogens is 2. The maximum Gasteiger partial charge on any atom is 0.208 e. The van der Waals surface area contributed by atoms with Gasteiger partial charge in [-0.05, 0) is 93.1 Å². The highest BCUT2D eigenvalue weighted by Crippen LogP contribution is 2.38. The van der Waals surface area contributed by atoms with Crippen molar-refractivity contribution in [3.63, 3.8) is 0 Å². The molecule has 0 saturated carbocycles. The Labute approximate surface area is 293 Å². The molecule has 1 N–H and O–H groups in total. The molecule has 2 aromatic heterocycles. The molecule has 0 radical (unpaired) electrons. The van der Waals surface area contributed by atoms with Crippen LogP contribution in [0.2, 0.25) is 0 Å². The predicted octanol–water partition coefficient (Wildman–Crippen LogP) is 7.52. The Morgan fingerprint density at radius 1 is 1.04 bits per heavy atom. The van der Waals surface area contributed by atoms with Gasteiger partial charge in [0.05, 0.1) is 29.0 Å². The van der Waals surface area contributed by atoms with E-state index in [0.29, 0.717) is 29.6 Å². The van der Waals surface area contributed by atoms with E-state index in [0.717, 1.165) is 109 Å². The van der Waals surface area contributed by atoms with E-state index in [1.165, 1.54) is 17.8 Å². The van der Waals surface area contributed by atoms with Crippen LogP contribution in [0.25, 0.3) is 22.7 Å². The van der Waals surface area contributed by atoms with Crippen molar-refractivity contribution in [2.45, 2.75) is 52.0 Å². The van der Waals surface area contributed by atoms with Crippen LogP contribution >= 0.6 is 0 Å². The Morgan fingerprint density at radius 2 is 1.82 bits per heavy atom. The first kappa shape index (κ1) is 33.7. The third-order valence-electron chi connectivity index (χ3n) is 10.4. The molecule has 5 heterocycles. The summed E-state index contributed by atoms with van der Waals surface area (Å²) in [6, 6.07) is 14.7. The minimum atomic E-state index is -0.531. The molecule has 0 spiro atoms. The number of hydrogen-bond acceptors (Lipinski definition) is 7. The van der Waals surface area contributed by atoms with Crippen LogP contribution in [0.5, 0.6) is 0 Å². The van der Waals surface area contributed by atoms with E-state index >= 15 is 0 Å². The second-order valence-corrected chi connectivity index (χ2v) is 14.2. The van der Waals surface area contributed by atoms with Crippen molar-refractivity contribution in [2.75, 3.05) is 43.4 Å². The average molecular weight is 677 g/mol. The summed E-state index contributed by atoms with van der Waals surface area (Å²) in [5.74, 6) is 0.148. The molecule has 7 rings (SSSR count). The molecular formula is C40H46F2N8. The van der Waals surface area contributed by atoms with E-state index in [-0.39, 0.29) is 0 Å². The van der Waals surface area contributed by atoms with Gasteiger partial charge in [0.15, 0.2) is 0 Å². The summed E-state index contributed by atoms with van der Waals surface area (Å²) in [7, 11) is 4.09. The normalized spacial score (nSPS) is 19.1. The van der Waals surface area contributed by atoms with Crippen molar-refractivity contribution < 1.29 is 8.78 Å². The van der Waals surface area contributed by atoms with E-state index in [2.05, 4.69) is 76.5 Å². The zero-order valence-electron chi connectivity index (χ0n) is 29.5. The van der Waals surface area contributed by atoms with Gasteiger partial charge in [0, 0.05) is 73.5 Å². The lowest BCUT2D eigenvalue weighted by Crippen LogP contribution is -2.57. The van der Waals surface area contributed by atoms with Crippen molar-refractivity contribution >= 4 is 28.7 Å². The lowest BCUT2D eigenvalue weighted by atomic mass is 9.99. The molecule has 0 amide bonds. The number of aryl methyl sites for hydroxylation is 2. The SMILES string of the molecule is C=C1/N=C2\Nc3ccc(C(=C)N4CC(N(C)CCc5cc(F)cc(F)c5)C4)cc3N2C[C@H](C)CCCCc2c(cnn2C)-c2cc1cc(C)n2. The van der Waals surface area contributed by atoms with Gasteiger partial charge in [-0.1, -0.05) is 32.6 Å². The molecule has 4 aromatic rings. The number of nitrogens with one attached hydrogen (secondary N) is 1. The van der Waals surface area contributed by atoms with Crippen LogP contribution in [0.3, 0.4) is 0 Å². The summed E-state index contributed by atoms with van der Waals surface area (Å²) < 4.78 is 29.3. The molecule has 0 aliphatic carbocycles. The zero-order valence-corrected chi connectivity index (χ0v) is 29.5. The first-order valence-electron chi connectivity index (χ1n) is 17.6. The number of benzene rings is 2. The predicted molar refractivity (Wildman–Crippen MR) is 199 cm³/mol. The van der Waals surface area contributed by atoms with E-state index in [1.54, 1.807) is 0 Å². The number of guanidine groups is 1. The van der Waals surface area contributed by atoms with Crippen LogP contribution in [0, 0.1) is 24.5 Å². The second-order valence-electron chi connectivity index (χ2n) is 14.2. The Balaban J connectivity index is 1.09. The number of rotatable bonds is 6. The quantitative estimate of drug-likeness (QED) is 0.228. The zero-order chi connectivity index (χ0) is 35.1. The number of likely N-dealkylation sites (tertiary alicyclic amines) is 1. The van der Waals surface area contributed by atoms with Crippen LogP contribution in [0.4, 0.5) is 20.2 Å². The highest BCUT2D eigenvalue weighted by molar-refractivity contribution is 6.16. The number of hydrogen-bond donors (Lipinski definition) is 1. The fourth-order valence-corrected chi connectivity index (χ4v) is 7.32. The maximum atomic E-state index is 13.6. The molecule has 8 nitrogen and oxygen atoms in total. The molecule has 260 valence electrons. The van der Waals surface area contributed by atoms with Gasteiger partial charge >= 0.3 is 0 Å². The smallest absolute Gasteiger partial charge is 0.208 e. The molecule has 1 saturated heterocycles. The Hall–Kier alpha value is -4.83. The summed E-state index contributed by atoms with van der Waals surface area (Å²) >= 11 is 0. The van der Waals surface area contributed by atoms with Crippen LogP contribution in [0.1, 0.15) is 54.3 Å². The molecular weight excluding hydrogens is 630 g/mol. The monoisotopic (exact) mass is 676 g/mol. The molecule has 1 atom stereocenters. The van der Waals surface area contributed by atoms with Crippen LogP contribution in [0.15, 0.2) is 72.9 Å². The molecule has 2 bridgehead atoms. The summed E-state index contributed by atoms with van der Waals surface area (Å²) in [5.41, 5.74) is 10.5. The topological polar surface area (TPSA) is 64.8 Å². The highest BCUT2D eigenvalue weighted by atomic mass is 19.1. The van der Waals surface area contributed by atoms with Crippen molar-refractivity contribution in [1.29, 1.82) is 0 Å². The van der Waals surface area contributed by atoms with E-state index < -0.39 is 11.6 Å². The largest absolute Gasteiger partial charge is 0.368 e. The molecule has 0 unspecified atom stereocenters. The van der Waals surface area contributed by atoms with Gasteiger partial charge < -0.3 is 15.1 Å². The first-order valence-corrected chi connectivity index (χ1v) is 17.6. The van der Waals surface area contributed by atoms with Crippen LogP contribution < -0.4 is 10.2 Å². The molecule has 50 heavy (non-hydrogen) atoms. The first-order chi connectivity index (χ1) is 24.0. The number of aliphatic imine (C=N–C) groups is 1. The summed E-state index contributed by atoms with van der Waals surface area (Å²) in [6.07, 6.45) is 6.77. The average Bonchev–Trinajstić information content (AvgIpc) is 3.58. The number of likely N-dealkylation sites (N-methyl/N-ethyl adjacent to an activating group) is 1. The molecule has 2 aromatic carbocycles. The summed E-state index contributed by atoms with van der Waals surface area (Å²) in [4.78, 5) is 16.8. The molecule has 3 aliphatic heterocycles. The lowest BCUT2D eigenvalue weighted by Gasteiger charge is -2.46. The van der Waals surface area contributed by atoms with Gasteiger partial charge in [-0.25, -0.2) is 13.8 Å². The molecule has 10 heteroatoms. The van der Waals surface area contributed by atoms with Gasteiger partial charge in [-0.3, -0.25) is 14.6 Å². The van der Waals surface area contributed by atoms with Gasteiger partial charge in [0.25, 0.3) is 0 Å². The number of pyridine rings is 1. The highest BCUT2D eigenvalue weighted by Gasteiger charge is 2.33. The van der Waals surface area contributed by atoms with E-state index in [4.69, 9.17) is 9.98 Å². The summed E-state index contributed by atoms with van der Waals surface area (Å²) in [6.45, 7) is 16.5. The van der Waals surface area contributed by atoms with Crippen molar-refractivity contribution in [2.24, 2.45) is 18.0 Å². The van der Waals surface area contributed by atoms with Crippen molar-refractivity contribution in [1.82, 2.24) is 24.6 Å². The van der Waals surface area contributed by atoms with Gasteiger partial charge in [0.1, 0.15) is 11.6 Å². The third kappa shape index (κ3) is 6.94. The minimum Gasteiger partial charge on any atom is -0.368 e. The lowest BCUT2D eigenvalue weighted by molar-refractivity contribution is 0.0960. The standard InChI is InChI=1S/C40H46F2N8/c1-25-9-7-8-10-38-35(21-43-48(38)6)37-18-31(15-26(2)44-37)27(3)45-40-46-36-12-11-30(19-39(36)50(40)22-25)28(4)49-23-34(24-49)47(5)14-13-29-16-32(41)20-33(42)17-29/h11-12,15-21,25,34H,3-4,7-10,13-14,22-24H2,1-2,5-6H3,(H,45,46)/t25-/m1/s1. The maximum absolute atomic E-state index is 13.6. The third-order valence-corrected chi connectivity index (χ3v) is 10.4. The number of anilines is 2. The van der Waals surface area contributed by atoms with Gasteiger partial charge in [-0.15, -0.1) is 0 Å². The van der Waals surface area contributed by atoms with Crippen molar-refractivity contribution in [3.05, 3.63) is 108 Å². The fourth-order valence-electron chi connectivity index (χ4n) is 7.32. The number of fused-ring (bicyclic) bond motifs is 7.